The summed E-state index contributed by atoms with van der Waals surface area (Å²) in [6.07, 6.45) is 0. The molecule has 0 aliphatic heterocycles. The first-order chi connectivity index (χ1) is 18.2. The maximum absolute atomic E-state index is 11.4. The molecule has 0 unspecified atom stereocenters. The molecule has 37 heavy (non-hydrogen) atoms. The molecule has 2 N–H and O–H groups in total. The van der Waals surface area contributed by atoms with Crippen molar-refractivity contribution in [1.82, 2.24) is 0 Å². The van der Waals surface area contributed by atoms with Gasteiger partial charge in [0.05, 0.1) is 9.19 Å². The quantitative estimate of drug-likeness (QED) is 0.192. The van der Waals surface area contributed by atoms with Gasteiger partial charge >= 0.3 is 0 Å². The molecule has 4 heteroatoms. The molecule has 0 amide bonds. The van der Waals surface area contributed by atoms with Gasteiger partial charge in [0.2, 0.25) is 0 Å². The zero-order valence-electron chi connectivity index (χ0n) is 20.3. The van der Waals surface area contributed by atoms with Crippen LogP contribution in [-0.2, 0) is 0 Å². The minimum absolute atomic E-state index is 0.227. The number of aromatic hydroxyl groups is 2. The fourth-order valence-electron chi connectivity index (χ4n) is 5.31. The van der Waals surface area contributed by atoms with Crippen LogP contribution < -0.4 is 10.6 Å². The summed E-state index contributed by atoms with van der Waals surface area (Å²) in [5.74, 6) is 0.619. The average molecular weight is 515 g/mol. The lowest BCUT2D eigenvalue weighted by atomic mass is 10.0. The van der Waals surface area contributed by atoms with Gasteiger partial charge in [-0.2, -0.15) is 0 Å². The van der Waals surface area contributed by atoms with E-state index >= 15 is 0 Å². The van der Waals surface area contributed by atoms with Gasteiger partial charge in [-0.15, -0.1) is 0 Å². The highest BCUT2D eigenvalue weighted by atomic mass is 31.4. The summed E-state index contributed by atoms with van der Waals surface area (Å²) < 4.78 is 0. The third-order valence-corrected chi connectivity index (χ3v) is 14.8. The van der Waals surface area contributed by atoms with E-state index in [9.17, 15) is 10.2 Å². The van der Waals surface area contributed by atoms with Crippen molar-refractivity contribution < 1.29 is 10.2 Å². The van der Waals surface area contributed by atoms with Gasteiger partial charge in [-0.25, -0.2) is 0 Å². The van der Waals surface area contributed by atoms with Crippen LogP contribution in [0, 0.1) is 0 Å². The molecule has 0 heterocycles. The van der Waals surface area contributed by atoms with Gasteiger partial charge in [0, 0.05) is 16.2 Å². The molecule has 0 bridgehead atoms. The molecule has 6 aromatic carbocycles. The molecule has 6 rings (SSSR count). The summed E-state index contributed by atoms with van der Waals surface area (Å²) >= 11 is 0. The predicted molar refractivity (Wildman–Crippen MR) is 161 cm³/mol. The second-order valence-electron chi connectivity index (χ2n) is 9.29. The molecule has 0 fully saturated rings. The highest BCUT2D eigenvalue weighted by Crippen LogP contribution is 2.47. The van der Waals surface area contributed by atoms with Crippen LogP contribution in [-0.4, -0.2) is 19.4 Å². The summed E-state index contributed by atoms with van der Waals surface area (Å²) in [6, 6.07) is 45.6. The number of benzene rings is 6. The highest BCUT2D eigenvalue weighted by Gasteiger charge is 2.29. The number of rotatable bonds is 6. The van der Waals surface area contributed by atoms with Crippen LogP contribution in [0.1, 0.15) is 16.7 Å². The van der Waals surface area contributed by atoms with E-state index in [0.29, 0.717) is 11.5 Å². The van der Waals surface area contributed by atoms with Crippen LogP contribution in [0.4, 0.5) is 0 Å². The first-order valence-corrected chi connectivity index (χ1v) is 16.7. The number of hydrogen-bond donors (Lipinski definition) is 2. The van der Waals surface area contributed by atoms with Gasteiger partial charge in [0.15, 0.2) is 0 Å². The van der Waals surface area contributed by atoms with Crippen molar-refractivity contribution in [2.24, 2.45) is 0 Å². The van der Waals surface area contributed by atoms with Crippen LogP contribution in [0.25, 0.3) is 21.5 Å². The molecular weight excluding hydrogens is 487 g/mol. The highest BCUT2D eigenvalue weighted by molar-refractivity contribution is 7.98. The fourth-order valence-corrected chi connectivity index (χ4v) is 14.4. The van der Waals surface area contributed by atoms with Crippen LogP contribution in [0.2, 0.25) is 0 Å². The lowest BCUT2D eigenvalue weighted by molar-refractivity contribution is 0.480. The van der Waals surface area contributed by atoms with E-state index in [1.165, 1.54) is 11.1 Å². The Hall–Kier alpha value is -3.91. The van der Waals surface area contributed by atoms with Crippen molar-refractivity contribution in [3.8, 4) is 11.5 Å². The number of phenols is 2. The molecule has 2 nitrogen and oxygen atoms in total. The van der Waals surface area contributed by atoms with Crippen molar-refractivity contribution in [3.05, 3.63) is 145 Å². The smallest absolute Gasteiger partial charge is 0.123 e. The van der Waals surface area contributed by atoms with E-state index in [1.807, 2.05) is 48.5 Å². The zero-order chi connectivity index (χ0) is 25.2. The first-order valence-electron chi connectivity index (χ1n) is 12.5. The summed E-state index contributed by atoms with van der Waals surface area (Å²) in [6.45, 7) is 0. The van der Waals surface area contributed by atoms with Crippen molar-refractivity contribution in [2.45, 2.75) is 5.54 Å². The average Bonchev–Trinajstić information content (AvgIpc) is 2.95. The molecule has 0 aliphatic carbocycles. The maximum atomic E-state index is 11.4. The maximum Gasteiger partial charge on any atom is 0.123 e. The van der Waals surface area contributed by atoms with Crippen molar-refractivity contribution >= 4 is 48.8 Å². The Bertz CT molecular complexity index is 1560. The number of hydrogen-bond acceptors (Lipinski definition) is 2. The Balaban J connectivity index is 1.64. The van der Waals surface area contributed by atoms with Gasteiger partial charge in [-0.3, -0.25) is 0 Å². The lowest BCUT2D eigenvalue weighted by Gasteiger charge is -2.28. The second kappa shape index (κ2) is 10.2. The van der Waals surface area contributed by atoms with Gasteiger partial charge in [-0.05, 0) is 44.8 Å². The molecule has 180 valence electrons. The van der Waals surface area contributed by atoms with E-state index in [0.717, 1.165) is 32.2 Å². The Labute approximate surface area is 220 Å². The second-order valence-corrected chi connectivity index (χ2v) is 15.2. The van der Waals surface area contributed by atoms with Crippen LogP contribution in [0.3, 0.4) is 0 Å². The Morgan fingerprint density at radius 2 is 0.865 bits per heavy atom. The largest absolute Gasteiger partial charge is 0.507 e. The van der Waals surface area contributed by atoms with Crippen molar-refractivity contribution in [1.29, 1.82) is 0 Å². The molecule has 0 saturated carbocycles. The lowest BCUT2D eigenvalue weighted by Crippen LogP contribution is -2.23. The normalized spacial score (nSPS) is 11.8. The number of phenolic OH excluding ortho intramolecular Hbond substituents is 2. The molecule has 0 aliphatic rings. The molecule has 0 radical (unpaired) electrons. The van der Waals surface area contributed by atoms with E-state index in [2.05, 4.69) is 84.9 Å². The monoisotopic (exact) mass is 514 g/mol. The third-order valence-electron chi connectivity index (χ3n) is 7.07. The zero-order valence-corrected chi connectivity index (χ0v) is 22.6. The Morgan fingerprint density at radius 1 is 0.459 bits per heavy atom. The molecular formula is C33H27O2PSi. The van der Waals surface area contributed by atoms with Crippen molar-refractivity contribution in [2.75, 3.05) is 0 Å². The molecule has 6 aromatic rings. The summed E-state index contributed by atoms with van der Waals surface area (Å²) in [4.78, 5) is 0. The van der Waals surface area contributed by atoms with Crippen LogP contribution >= 0.6 is 7.47 Å². The Kier molecular flexibility index (Phi) is 6.49. The van der Waals surface area contributed by atoms with Gasteiger partial charge < -0.3 is 10.2 Å². The first kappa shape index (κ1) is 23.5. The SMILES string of the molecule is Oc1ccc2ccccc2c1P([SiH2]C(c1ccccc1)c1ccccc1)c1c(O)ccc2ccccc12. The van der Waals surface area contributed by atoms with Gasteiger partial charge in [0.25, 0.3) is 0 Å². The Morgan fingerprint density at radius 3 is 1.32 bits per heavy atom. The van der Waals surface area contributed by atoms with Crippen LogP contribution in [0.15, 0.2) is 133 Å². The number of fused-ring (bicyclic) bond motifs is 2. The van der Waals surface area contributed by atoms with Crippen LogP contribution in [0.5, 0.6) is 11.5 Å². The summed E-state index contributed by atoms with van der Waals surface area (Å²) in [5, 5.41) is 29.1. The van der Waals surface area contributed by atoms with E-state index in [-0.39, 0.29) is 5.54 Å². The van der Waals surface area contributed by atoms with E-state index in [1.54, 1.807) is 0 Å². The summed E-state index contributed by atoms with van der Waals surface area (Å²) in [5.41, 5.74) is 2.80. The van der Waals surface area contributed by atoms with Gasteiger partial charge in [-0.1, -0.05) is 129 Å². The third kappa shape index (κ3) is 4.53. The van der Waals surface area contributed by atoms with Crippen molar-refractivity contribution in [3.63, 3.8) is 0 Å². The minimum Gasteiger partial charge on any atom is -0.507 e. The molecule has 0 aromatic heterocycles. The molecule has 0 saturated heterocycles. The van der Waals surface area contributed by atoms with E-state index in [4.69, 9.17) is 0 Å². The topological polar surface area (TPSA) is 40.5 Å². The standard InChI is InChI=1S/C33H27O2PSi/c34-29-21-19-23-11-7-9-17-27(23)31(29)36(32-28-18-10-8-12-24(28)20-22-30(32)35)37-33(25-13-3-1-4-14-25)26-15-5-2-6-16-26/h1-22,33-35H,37H2. The predicted octanol–water partition coefficient (Wildman–Crippen LogP) is 6.71. The van der Waals surface area contributed by atoms with Gasteiger partial charge in [0.1, 0.15) is 11.5 Å². The minimum atomic E-state index is -1.04. The molecule has 0 spiro atoms. The fraction of sp³-hybridized carbons (Fsp3) is 0.0303. The molecule has 0 atom stereocenters. The summed E-state index contributed by atoms with van der Waals surface area (Å²) in [7, 11) is -2.07. The van der Waals surface area contributed by atoms with E-state index < -0.39 is 16.7 Å².